The van der Waals surface area contributed by atoms with Gasteiger partial charge in [-0.15, -0.1) is 11.3 Å². The van der Waals surface area contributed by atoms with E-state index in [9.17, 15) is 9.59 Å². The van der Waals surface area contributed by atoms with Crippen molar-refractivity contribution >= 4 is 60.1 Å². The minimum Gasteiger partial charge on any atom is -0.492 e. The molecule has 0 radical (unpaired) electrons. The van der Waals surface area contributed by atoms with Crippen LogP contribution >= 0.6 is 43.2 Å². The molecule has 1 atom stereocenters. The number of nitrogens with two attached hydrogens (primary N) is 1. The number of primary amides is 1. The Morgan fingerprint density at radius 1 is 1.44 bits per heavy atom. The molecular weight excluding hydrogens is 474 g/mol. The molecule has 2 N–H and O–H groups in total. The summed E-state index contributed by atoms with van der Waals surface area (Å²) in [4.78, 5) is 31.1. The lowest BCUT2D eigenvalue weighted by molar-refractivity contribution is -0.128. The summed E-state index contributed by atoms with van der Waals surface area (Å²) in [5.41, 5.74) is 7.00. The highest BCUT2D eigenvalue weighted by Crippen LogP contribution is 2.41. The van der Waals surface area contributed by atoms with E-state index >= 15 is 0 Å². The second kappa shape index (κ2) is 6.69. The Balaban J connectivity index is 2.01. The Bertz CT molecular complexity index is 866. The number of halogens is 2. The van der Waals surface area contributed by atoms with Crippen molar-refractivity contribution in [2.24, 2.45) is 5.73 Å². The Hall–Kier alpha value is -1.45. The molecule has 0 bridgehead atoms. The molecule has 1 aliphatic heterocycles. The molecule has 1 aromatic heterocycles. The highest BCUT2D eigenvalue weighted by Gasteiger charge is 2.40. The number of benzene rings is 1. The van der Waals surface area contributed by atoms with Crippen LogP contribution < -0.4 is 15.4 Å². The van der Waals surface area contributed by atoms with Gasteiger partial charge in [-0.3, -0.25) is 14.5 Å². The van der Waals surface area contributed by atoms with Crippen LogP contribution in [0.15, 0.2) is 22.7 Å². The number of carbonyl (C=O) groups excluding carboxylic acids is 2. The topological polar surface area (TPSA) is 85.5 Å². The highest BCUT2D eigenvalue weighted by atomic mass is 79.9. The van der Waals surface area contributed by atoms with Gasteiger partial charge in [0, 0.05) is 28.4 Å². The number of nitrogens with zero attached hydrogens (tertiary/aromatic N) is 2. The van der Waals surface area contributed by atoms with E-state index in [1.807, 2.05) is 18.2 Å². The number of hydrogen-bond acceptors (Lipinski definition) is 5. The molecule has 1 aromatic carbocycles. The molecule has 25 heavy (non-hydrogen) atoms. The molecule has 0 spiro atoms. The zero-order chi connectivity index (χ0) is 18.4. The Kier molecular flexibility index (Phi) is 4.91. The number of hydrogen-bond donors (Lipinski definition) is 1. The van der Waals surface area contributed by atoms with Gasteiger partial charge in [0.2, 0.25) is 5.91 Å². The third kappa shape index (κ3) is 3.32. The Morgan fingerprint density at radius 3 is 2.84 bits per heavy atom. The molecule has 3 rings (SSSR count). The molecule has 2 amide bonds. The molecule has 6 nitrogen and oxygen atoms in total. The number of fused-ring (bicyclic) bond motifs is 3. The smallest absolute Gasteiger partial charge is 0.254 e. The van der Waals surface area contributed by atoms with Gasteiger partial charge in [-0.1, -0.05) is 31.9 Å². The fourth-order valence-electron chi connectivity index (χ4n) is 2.43. The summed E-state index contributed by atoms with van der Waals surface area (Å²) in [7, 11) is 1.59. The first kappa shape index (κ1) is 18.3. The Morgan fingerprint density at radius 2 is 2.16 bits per heavy atom. The van der Waals surface area contributed by atoms with Crippen molar-refractivity contribution in [3.05, 3.63) is 27.5 Å². The van der Waals surface area contributed by atoms with E-state index in [0.717, 1.165) is 26.4 Å². The van der Waals surface area contributed by atoms with Crippen LogP contribution in [0.3, 0.4) is 0 Å². The van der Waals surface area contributed by atoms with E-state index < -0.39 is 16.1 Å². The summed E-state index contributed by atoms with van der Waals surface area (Å²) in [6, 6.07) is 5.77. The van der Waals surface area contributed by atoms with Gasteiger partial charge in [0.15, 0.2) is 9.46 Å². The lowest BCUT2D eigenvalue weighted by atomic mass is 10.1. The SMILES string of the molecule is CN(C(=O)C(C)(Br)C(N)=O)c1nc2c(s1)CCOc1cc(Br)ccc1-2. The standard InChI is InChI=1S/C16H15Br2N3O3S/c1-16(18,13(19)22)14(23)21(2)15-20-12-9-4-3-8(17)7-10(9)24-6-5-11(12)25-15/h3-4,7H,5-6H2,1-2H3,(H2,19,22). The highest BCUT2D eigenvalue weighted by molar-refractivity contribution is 9.10. The molecule has 0 aliphatic carbocycles. The average molecular weight is 489 g/mol. The number of rotatable bonds is 3. The van der Waals surface area contributed by atoms with Gasteiger partial charge in [-0.2, -0.15) is 0 Å². The van der Waals surface area contributed by atoms with E-state index in [2.05, 4.69) is 36.8 Å². The number of aromatic nitrogens is 1. The van der Waals surface area contributed by atoms with Crippen LogP contribution in [0.5, 0.6) is 5.75 Å². The zero-order valence-electron chi connectivity index (χ0n) is 13.5. The molecule has 9 heteroatoms. The molecule has 0 saturated heterocycles. The largest absolute Gasteiger partial charge is 0.492 e. The predicted molar refractivity (Wildman–Crippen MR) is 104 cm³/mol. The first-order valence-corrected chi connectivity index (χ1v) is 9.81. The van der Waals surface area contributed by atoms with E-state index in [4.69, 9.17) is 10.5 Å². The van der Waals surface area contributed by atoms with E-state index in [1.165, 1.54) is 23.2 Å². The lowest BCUT2D eigenvalue weighted by Gasteiger charge is -2.23. The van der Waals surface area contributed by atoms with Crippen LogP contribution in [0.25, 0.3) is 11.3 Å². The van der Waals surface area contributed by atoms with E-state index in [1.54, 1.807) is 7.05 Å². The molecule has 132 valence electrons. The van der Waals surface area contributed by atoms with Crippen LogP contribution in [0.4, 0.5) is 5.13 Å². The van der Waals surface area contributed by atoms with E-state index in [0.29, 0.717) is 18.2 Å². The summed E-state index contributed by atoms with van der Waals surface area (Å²) in [6.07, 6.45) is 0.697. The minimum absolute atomic E-state index is 0.462. The van der Waals surface area contributed by atoms with Crippen molar-refractivity contribution in [2.45, 2.75) is 17.7 Å². The number of thiazole rings is 1. The number of anilines is 1. The molecular formula is C16H15Br2N3O3S. The predicted octanol–water partition coefficient (Wildman–Crippen LogP) is 3.11. The van der Waals surface area contributed by atoms with Gasteiger partial charge < -0.3 is 10.5 Å². The molecule has 0 saturated carbocycles. The number of carbonyl (C=O) groups is 2. The molecule has 2 aromatic rings. The normalized spacial score (nSPS) is 15.2. The molecule has 2 heterocycles. The van der Waals surface area contributed by atoms with Gasteiger partial charge in [0.05, 0.1) is 12.3 Å². The molecule has 1 unspecified atom stereocenters. The summed E-state index contributed by atoms with van der Waals surface area (Å²) in [6.45, 7) is 1.97. The third-order valence-corrected chi connectivity index (χ3v) is 6.34. The number of alkyl halides is 1. The number of amides is 2. The van der Waals surface area contributed by atoms with Crippen molar-refractivity contribution in [1.82, 2.24) is 4.98 Å². The van der Waals surface area contributed by atoms with Crippen LogP contribution in [-0.4, -0.2) is 34.8 Å². The maximum absolute atomic E-state index is 12.6. The third-order valence-electron chi connectivity index (χ3n) is 3.93. The fourth-order valence-corrected chi connectivity index (χ4v) is 4.06. The quantitative estimate of drug-likeness (QED) is 0.531. The summed E-state index contributed by atoms with van der Waals surface area (Å²) in [5, 5.41) is 0.512. The summed E-state index contributed by atoms with van der Waals surface area (Å²) in [5.74, 6) is -0.455. The first-order valence-electron chi connectivity index (χ1n) is 7.41. The van der Waals surface area contributed by atoms with Crippen LogP contribution in [0.2, 0.25) is 0 Å². The molecule has 1 aliphatic rings. The van der Waals surface area contributed by atoms with Crippen LogP contribution in [-0.2, 0) is 16.0 Å². The van der Waals surface area contributed by atoms with Crippen molar-refractivity contribution < 1.29 is 14.3 Å². The summed E-state index contributed by atoms with van der Waals surface area (Å²) < 4.78 is 5.24. The van der Waals surface area contributed by atoms with Crippen LogP contribution in [0.1, 0.15) is 11.8 Å². The number of ether oxygens (including phenoxy) is 1. The Labute approximate surface area is 165 Å². The maximum Gasteiger partial charge on any atom is 0.254 e. The summed E-state index contributed by atoms with van der Waals surface area (Å²) >= 11 is 7.96. The lowest BCUT2D eigenvalue weighted by Crippen LogP contribution is -2.49. The van der Waals surface area contributed by atoms with Gasteiger partial charge in [-0.25, -0.2) is 4.98 Å². The van der Waals surface area contributed by atoms with Gasteiger partial charge in [0.25, 0.3) is 5.91 Å². The second-order valence-electron chi connectivity index (χ2n) is 5.74. The van der Waals surface area contributed by atoms with Crippen molar-refractivity contribution in [1.29, 1.82) is 0 Å². The first-order chi connectivity index (χ1) is 11.7. The van der Waals surface area contributed by atoms with Crippen LogP contribution in [0, 0.1) is 0 Å². The van der Waals surface area contributed by atoms with Gasteiger partial charge in [0.1, 0.15) is 5.75 Å². The average Bonchev–Trinajstić information content (AvgIpc) is 2.90. The monoisotopic (exact) mass is 487 g/mol. The van der Waals surface area contributed by atoms with Crippen molar-refractivity contribution in [3.63, 3.8) is 0 Å². The molecule has 0 fully saturated rings. The van der Waals surface area contributed by atoms with E-state index in [-0.39, 0.29) is 0 Å². The maximum atomic E-state index is 12.6. The zero-order valence-corrected chi connectivity index (χ0v) is 17.5. The van der Waals surface area contributed by atoms with Gasteiger partial charge in [-0.05, 0) is 25.1 Å². The van der Waals surface area contributed by atoms with Crippen molar-refractivity contribution in [3.8, 4) is 17.0 Å². The second-order valence-corrected chi connectivity index (χ2v) is 9.30. The minimum atomic E-state index is -1.48. The van der Waals surface area contributed by atoms with Gasteiger partial charge >= 0.3 is 0 Å². The van der Waals surface area contributed by atoms with Crippen molar-refractivity contribution in [2.75, 3.05) is 18.6 Å². The fraction of sp³-hybridized carbons (Fsp3) is 0.312.